The Morgan fingerprint density at radius 2 is 1.97 bits per heavy atom. The number of nitrogens with one attached hydrogen (secondary N) is 1. The molecule has 2 unspecified atom stereocenters. The molecule has 1 aromatic carbocycles. The Kier molecular flexibility index (Phi) is 4.97. The molecule has 1 aliphatic carbocycles. The monoisotopic (exact) mass is 479 g/mol. The van der Waals surface area contributed by atoms with Crippen molar-refractivity contribution in [1.29, 1.82) is 0 Å². The summed E-state index contributed by atoms with van der Waals surface area (Å²) in [6, 6.07) is 7.56. The van der Waals surface area contributed by atoms with Crippen LogP contribution in [0.2, 0.25) is 0 Å². The van der Waals surface area contributed by atoms with Crippen molar-refractivity contribution in [3.63, 3.8) is 0 Å². The van der Waals surface area contributed by atoms with Crippen molar-refractivity contribution in [3.8, 4) is 0 Å². The number of rotatable bonds is 4. The van der Waals surface area contributed by atoms with Gasteiger partial charge in [0.1, 0.15) is 17.0 Å². The Balaban J connectivity index is 1.59. The van der Waals surface area contributed by atoms with Crippen molar-refractivity contribution in [1.82, 2.24) is 24.8 Å². The maximum Gasteiger partial charge on any atom is 0.346 e. The molecule has 4 atom stereocenters. The number of imidazole rings is 1. The molecule has 2 aliphatic heterocycles. The fraction of sp³-hybridized carbons (Fsp3) is 0.423. The quantitative estimate of drug-likeness (QED) is 0.576. The smallest absolute Gasteiger partial charge is 0.346 e. The highest BCUT2D eigenvalue weighted by atomic mass is 19.3. The van der Waals surface area contributed by atoms with E-state index in [-0.39, 0.29) is 30.4 Å². The first kappa shape index (κ1) is 22.5. The van der Waals surface area contributed by atoms with Gasteiger partial charge in [0.15, 0.2) is 5.82 Å². The van der Waals surface area contributed by atoms with E-state index in [1.807, 2.05) is 43.3 Å². The van der Waals surface area contributed by atoms with Crippen molar-refractivity contribution < 1.29 is 18.6 Å². The lowest BCUT2D eigenvalue weighted by Gasteiger charge is -2.42. The number of fused-ring (bicyclic) bond motifs is 8. The van der Waals surface area contributed by atoms with Crippen molar-refractivity contribution in [2.45, 2.75) is 69.6 Å². The standard InChI is InChI=1S/C26H27F2N5O2/c1-14-16-7-6-10-26(35-24(27)28,15-12-29-23(30-13-15)25(2,3)34)21(16)20-11-18(31-14)22-32-17-8-4-5-9-19(17)33(20)22/h4-9,12-14,18,20,24,31,34H,10-11H2,1-3H3/t14?,18-,20-,26?/m1/s1. The molecule has 0 saturated heterocycles. The number of alkyl halides is 2. The van der Waals surface area contributed by atoms with Gasteiger partial charge in [0.05, 0.1) is 23.1 Å². The number of hydrogen-bond acceptors (Lipinski definition) is 6. The van der Waals surface area contributed by atoms with Crippen LogP contribution in [0.4, 0.5) is 8.78 Å². The van der Waals surface area contributed by atoms with Gasteiger partial charge in [-0.1, -0.05) is 24.3 Å². The summed E-state index contributed by atoms with van der Waals surface area (Å²) in [4.78, 5) is 13.6. The van der Waals surface area contributed by atoms with Gasteiger partial charge < -0.3 is 19.7 Å². The molecule has 0 radical (unpaired) electrons. The first-order valence-corrected chi connectivity index (χ1v) is 11.8. The zero-order valence-electron chi connectivity index (χ0n) is 19.7. The second kappa shape index (κ2) is 7.74. The number of halogens is 2. The zero-order valence-corrected chi connectivity index (χ0v) is 19.7. The van der Waals surface area contributed by atoms with Crippen LogP contribution in [0.3, 0.4) is 0 Å². The van der Waals surface area contributed by atoms with Crippen LogP contribution in [0.15, 0.2) is 60.0 Å². The lowest BCUT2D eigenvalue weighted by molar-refractivity contribution is -0.202. The molecule has 7 nitrogen and oxygen atoms in total. The zero-order chi connectivity index (χ0) is 24.5. The van der Waals surface area contributed by atoms with Gasteiger partial charge in [-0.2, -0.15) is 8.78 Å². The van der Waals surface area contributed by atoms with Crippen LogP contribution in [0.25, 0.3) is 11.0 Å². The van der Waals surface area contributed by atoms with Crippen LogP contribution >= 0.6 is 0 Å². The van der Waals surface area contributed by atoms with Crippen LogP contribution in [-0.4, -0.2) is 37.3 Å². The Hall–Kier alpha value is -3.01. The lowest BCUT2D eigenvalue weighted by atomic mass is 9.73. The first-order valence-electron chi connectivity index (χ1n) is 11.8. The summed E-state index contributed by atoms with van der Waals surface area (Å²) in [6.45, 7) is 2.20. The normalized spacial score (nSPS) is 27.9. The highest BCUT2D eigenvalue weighted by Gasteiger charge is 2.52. The van der Waals surface area contributed by atoms with Gasteiger partial charge >= 0.3 is 6.61 Å². The van der Waals surface area contributed by atoms with Crippen molar-refractivity contribution >= 4 is 11.0 Å². The molecule has 2 N–H and O–H groups in total. The van der Waals surface area contributed by atoms with E-state index in [1.54, 1.807) is 13.8 Å². The molecule has 3 aliphatic rings. The number of aliphatic hydroxyl groups is 1. The minimum absolute atomic E-state index is 0.0144. The topological polar surface area (TPSA) is 85.1 Å². The molecule has 3 aromatic rings. The summed E-state index contributed by atoms with van der Waals surface area (Å²) in [5.41, 5.74) is 1.28. The third-order valence-electron chi connectivity index (χ3n) is 7.36. The molecule has 2 aromatic heterocycles. The summed E-state index contributed by atoms with van der Waals surface area (Å²) in [7, 11) is 0. The molecular formula is C26H27F2N5O2. The van der Waals surface area contributed by atoms with Gasteiger partial charge in [0.2, 0.25) is 0 Å². The van der Waals surface area contributed by atoms with E-state index in [9.17, 15) is 13.9 Å². The van der Waals surface area contributed by atoms with Crippen molar-refractivity contribution in [3.05, 3.63) is 77.2 Å². The molecule has 0 fully saturated rings. The van der Waals surface area contributed by atoms with Gasteiger partial charge in [0, 0.05) is 30.4 Å². The van der Waals surface area contributed by atoms with Crippen LogP contribution in [0.5, 0.6) is 0 Å². The number of nitrogens with zero attached hydrogens (tertiary/aromatic N) is 4. The largest absolute Gasteiger partial charge is 0.382 e. The van der Waals surface area contributed by atoms with Gasteiger partial charge in [0.25, 0.3) is 0 Å². The number of para-hydroxylation sites is 2. The second-order valence-electron chi connectivity index (χ2n) is 10.1. The minimum Gasteiger partial charge on any atom is -0.382 e. The van der Waals surface area contributed by atoms with E-state index in [0.717, 1.165) is 28.0 Å². The fourth-order valence-electron chi connectivity index (χ4n) is 5.93. The summed E-state index contributed by atoms with van der Waals surface area (Å²) in [5.74, 6) is 1.12. The maximum absolute atomic E-state index is 14.1. The van der Waals surface area contributed by atoms with Crippen LogP contribution < -0.4 is 5.32 Å². The van der Waals surface area contributed by atoms with E-state index in [4.69, 9.17) is 9.72 Å². The first-order chi connectivity index (χ1) is 16.7. The predicted molar refractivity (Wildman–Crippen MR) is 126 cm³/mol. The van der Waals surface area contributed by atoms with E-state index in [2.05, 4.69) is 19.9 Å². The highest BCUT2D eigenvalue weighted by molar-refractivity contribution is 5.77. The van der Waals surface area contributed by atoms with Gasteiger partial charge in [-0.15, -0.1) is 0 Å². The minimum atomic E-state index is -3.01. The average molecular weight is 480 g/mol. The van der Waals surface area contributed by atoms with Crippen molar-refractivity contribution in [2.75, 3.05) is 0 Å². The van der Waals surface area contributed by atoms with Crippen molar-refractivity contribution in [2.24, 2.45) is 0 Å². The SMILES string of the molecule is CC1N[C@@H]2C[C@H](C3=C1C=CCC3(OC(F)F)c1cnc(C(C)(C)O)nc1)n1c2nc2ccccc21. The predicted octanol–water partition coefficient (Wildman–Crippen LogP) is 4.42. The lowest BCUT2D eigenvalue weighted by Crippen LogP contribution is -2.41. The molecule has 6 rings (SSSR count). The Morgan fingerprint density at radius 3 is 2.69 bits per heavy atom. The summed E-state index contributed by atoms with van der Waals surface area (Å²) < 4.78 is 36.0. The number of hydrogen-bond donors (Lipinski definition) is 2. The van der Waals surface area contributed by atoms with Gasteiger partial charge in [-0.05, 0) is 50.5 Å². The van der Waals surface area contributed by atoms with E-state index < -0.39 is 17.8 Å². The molecule has 0 saturated carbocycles. The third-order valence-corrected chi connectivity index (χ3v) is 7.36. The van der Waals surface area contributed by atoms with Crippen LogP contribution in [0, 0.1) is 0 Å². The maximum atomic E-state index is 14.1. The fourth-order valence-corrected chi connectivity index (χ4v) is 5.93. The van der Waals surface area contributed by atoms with E-state index in [0.29, 0.717) is 12.0 Å². The van der Waals surface area contributed by atoms with Gasteiger partial charge in [-0.25, -0.2) is 15.0 Å². The summed E-state index contributed by atoms with van der Waals surface area (Å²) >= 11 is 0. The summed E-state index contributed by atoms with van der Waals surface area (Å²) in [5, 5.41) is 14.0. The molecule has 9 heteroatoms. The Morgan fingerprint density at radius 1 is 1.23 bits per heavy atom. The van der Waals surface area contributed by atoms with Crippen LogP contribution in [0.1, 0.15) is 62.9 Å². The molecule has 0 spiro atoms. The average Bonchev–Trinajstić information content (AvgIpc) is 3.30. The molecule has 2 bridgehead atoms. The molecular weight excluding hydrogens is 452 g/mol. The second-order valence-corrected chi connectivity index (χ2v) is 10.1. The molecule has 0 amide bonds. The molecule has 35 heavy (non-hydrogen) atoms. The molecule has 4 heterocycles. The Bertz CT molecular complexity index is 1360. The number of aromatic nitrogens is 4. The number of ether oxygens (including phenoxy) is 1. The van der Waals surface area contributed by atoms with Crippen LogP contribution in [-0.2, 0) is 15.9 Å². The Labute approximate surface area is 201 Å². The van der Waals surface area contributed by atoms with E-state index in [1.165, 1.54) is 12.4 Å². The van der Waals surface area contributed by atoms with E-state index >= 15 is 0 Å². The third kappa shape index (κ3) is 3.36. The van der Waals surface area contributed by atoms with Gasteiger partial charge in [-0.3, -0.25) is 0 Å². The number of benzene rings is 1. The highest BCUT2D eigenvalue weighted by Crippen LogP contribution is 2.55. The summed E-state index contributed by atoms with van der Waals surface area (Å²) in [6.07, 6.45) is 7.82. The molecule has 182 valence electrons.